The van der Waals surface area contributed by atoms with Crippen molar-refractivity contribution < 1.29 is 19.7 Å². The molecule has 2 N–H and O–H groups in total. The average Bonchev–Trinajstić information content (AvgIpc) is 3.63. The van der Waals surface area contributed by atoms with E-state index in [4.69, 9.17) is 4.74 Å². The Labute approximate surface area is 215 Å². The zero-order chi connectivity index (χ0) is 24.7. The second-order valence-electron chi connectivity index (χ2n) is 12.9. The number of carbonyl (C=O) groups is 1. The van der Waals surface area contributed by atoms with Gasteiger partial charge in [0.25, 0.3) is 0 Å². The number of likely N-dealkylation sites (tertiary alicyclic amines) is 1. The van der Waals surface area contributed by atoms with Crippen molar-refractivity contribution in [3.8, 4) is 11.5 Å². The second kappa shape index (κ2) is 8.36. The number of nitrogens with zero attached hydrogens (tertiary/aromatic N) is 2. The minimum Gasteiger partial charge on any atom is -0.504 e. The van der Waals surface area contributed by atoms with Crippen LogP contribution in [-0.4, -0.2) is 69.8 Å². The largest absolute Gasteiger partial charge is 0.504 e. The molecule has 2 aliphatic heterocycles. The number of phenolic OH excluding ortho intramolecular Hbond substituents is 1. The maximum absolute atomic E-state index is 13.5. The number of hydrogen-bond donors (Lipinski definition) is 2. The van der Waals surface area contributed by atoms with Gasteiger partial charge in [-0.15, -0.1) is 0 Å². The van der Waals surface area contributed by atoms with E-state index >= 15 is 0 Å². The molecule has 6 aliphatic rings. The molecule has 3 saturated carbocycles. The molecule has 1 aromatic rings. The number of amides is 1. The Morgan fingerprint density at radius 1 is 1.11 bits per heavy atom. The Bertz CT molecular complexity index is 1050. The molecule has 1 spiro atoms. The molecular formula is C30H42N2O4. The van der Waals surface area contributed by atoms with Crippen molar-refractivity contribution in [1.82, 2.24) is 9.80 Å². The molecule has 4 fully saturated rings. The molecule has 6 heteroatoms. The summed E-state index contributed by atoms with van der Waals surface area (Å²) in [5.74, 6) is 2.41. The fraction of sp³-hybridized carbons (Fsp3) is 0.767. The first-order valence-corrected chi connectivity index (χ1v) is 14.7. The molecule has 4 aliphatic carbocycles. The van der Waals surface area contributed by atoms with Gasteiger partial charge in [0.2, 0.25) is 5.91 Å². The predicted octanol–water partition coefficient (Wildman–Crippen LogP) is 4.14. The Kier molecular flexibility index (Phi) is 5.42. The van der Waals surface area contributed by atoms with Crippen molar-refractivity contribution in [3.05, 3.63) is 23.3 Å². The lowest BCUT2D eigenvalue weighted by Crippen LogP contribution is -2.78. The van der Waals surface area contributed by atoms with E-state index in [1.165, 1.54) is 50.5 Å². The van der Waals surface area contributed by atoms with Crippen molar-refractivity contribution in [2.45, 2.75) is 113 Å². The Morgan fingerprint density at radius 3 is 2.69 bits per heavy atom. The molecule has 0 aromatic heterocycles. The highest BCUT2D eigenvalue weighted by Crippen LogP contribution is 2.66. The third-order valence-electron chi connectivity index (χ3n) is 11.1. The van der Waals surface area contributed by atoms with Crippen molar-refractivity contribution in [2.24, 2.45) is 11.8 Å². The van der Waals surface area contributed by atoms with E-state index < -0.39 is 11.0 Å². The lowest BCUT2D eigenvalue weighted by molar-refractivity contribution is -0.200. The lowest BCUT2D eigenvalue weighted by Gasteiger charge is -2.64. The summed E-state index contributed by atoms with van der Waals surface area (Å²) < 4.78 is 6.66. The fourth-order valence-corrected chi connectivity index (χ4v) is 9.02. The van der Waals surface area contributed by atoms with Gasteiger partial charge < -0.3 is 19.8 Å². The number of ether oxygens (including phenoxy) is 1. The molecule has 2 heterocycles. The van der Waals surface area contributed by atoms with E-state index in [-0.39, 0.29) is 29.8 Å². The van der Waals surface area contributed by atoms with Crippen LogP contribution in [0.15, 0.2) is 12.1 Å². The number of phenols is 1. The average molecular weight is 495 g/mol. The summed E-state index contributed by atoms with van der Waals surface area (Å²) in [6, 6.07) is 3.81. The topological polar surface area (TPSA) is 73.2 Å². The molecule has 7 rings (SSSR count). The monoisotopic (exact) mass is 494 g/mol. The molecule has 0 radical (unpaired) electrons. The number of carbonyl (C=O) groups excluding carboxylic acids is 1. The predicted molar refractivity (Wildman–Crippen MR) is 137 cm³/mol. The molecule has 0 unspecified atom stereocenters. The highest BCUT2D eigenvalue weighted by molar-refractivity contribution is 5.76. The quantitative estimate of drug-likeness (QED) is 0.622. The first kappa shape index (κ1) is 23.3. The van der Waals surface area contributed by atoms with Crippen LogP contribution in [0.3, 0.4) is 0 Å². The first-order chi connectivity index (χ1) is 17.4. The third-order valence-corrected chi connectivity index (χ3v) is 11.1. The van der Waals surface area contributed by atoms with Crippen LogP contribution in [-0.2, 0) is 16.6 Å². The van der Waals surface area contributed by atoms with E-state index in [0.717, 1.165) is 50.3 Å². The van der Waals surface area contributed by atoms with Crippen LogP contribution in [0.4, 0.5) is 0 Å². The van der Waals surface area contributed by atoms with Gasteiger partial charge >= 0.3 is 0 Å². The number of likely N-dealkylation sites (N-methyl/N-ethyl adjacent to an activating group) is 1. The summed E-state index contributed by atoms with van der Waals surface area (Å²) >= 11 is 0. The molecule has 196 valence electrons. The fourth-order valence-electron chi connectivity index (χ4n) is 9.02. The van der Waals surface area contributed by atoms with Crippen molar-refractivity contribution in [2.75, 3.05) is 20.1 Å². The molecule has 2 bridgehead atoms. The minimum atomic E-state index is -0.890. The normalized spacial score (nSPS) is 37.3. The molecule has 36 heavy (non-hydrogen) atoms. The minimum absolute atomic E-state index is 0.0780. The van der Waals surface area contributed by atoms with E-state index in [0.29, 0.717) is 24.5 Å². The van der Waals surface area contributed by atoms with Crippen molar-refractivity contribution in [3.63, 3.8) is 0 Å². The van der Waals surface area contributed by atoms with Gasteiger partial charge in [0.1, 0.15) is 6.10 Å². The number of piperidine rings is 1. The van der Waals surface area contributed by atoms with Gasteiger partial charge in [0.05, 0.1) is 17.1 Å². The maximum Gasteiger partial charge on any atom is 0.222 e. The molecule has 1 saturated heterocycles. The Morgan fingerprint density at radius 2 is 1.92 bits per heavy atom. The lowest BCUT2D eigenvalue weighted by atomic mass is 9.48. The molecule has 5 atom stereocenters. The number of benzene rings is 1. The summed E-state index contributed by atoms with van der Waals surface area (Å²) in [6.07, 6.45) is 13.4. The van der Waals surface area contributed by atoms with Gasteiger partial charge in [-0.05, 0) is 75.0 Å². The second-order valence-corrected chi connectivity index (χ2v) is 12.9. The van der Waals surface area contributed by atoms with Gasteiger partial charge in [-0.2, -0.15) is 0 Å². The number of hydrogen-bond acceptors (Lipinski definition) is 5. The van der Waals surface area contributed by atoms with Gasteiger partial charge in [0, 0.05) is 31.6 Å². The van der Waals surface area contributed by atoms with Crippen LogP contribution < -0.4 is 4.74 Å². The van der Waals surface area contributed by atoms with Crippen molar-refractivity contribution in [1.29, 1.82) is 0 Å². The standard InChI is InChI=1S/C30H42N2O4/c1-31(25(34)12-9-19-5-3-2-4-6-19)22-13-14-30(35)24-17-21-10-11-23(33)27-26(21)29(30,28(22)36-27)15-16-32(24)18-20-7-8-20/h10-11,19-20,22,24,28,33,35H,2-9,12-18H2,1H3/t22-,24+,28-,29-,30+/m0/s1. The number of aliphatic hydroxyl groups is 1. The van der Waals surface area contributed by atoms with Gasteiger partial charge in [-0.25, -0.2) is 0 Å². The Balaban J connectivity index is 1.20. The van der Waals surface area contributed by atoms with Crippen LogP contribution in [0.25, 0.3) is 0 Å². The SMILES string of the molecule is CN(C(=O)CCC1CCCCC1)[C@H]1CC[C@@]2(O)[C@H]3Cc4ccc(O)c5c4[C@@]2(CCN3CC2CC2)[C@H]1O5. The molecule has 1 aromatic carbocycles. The summed E-state index contributed by atoms with van der Waals surface area (Å²) in [5.41, 5.74) is 0.817. The number of rotatable bonds is 6. The van der Waals surface area contributed by atoms with E-state index in [1.807, 2.05) is 11.9 Å². The van der Waals surface area contributed by atoms with E-state index in [1.54, 1.807) is 6.07 Å². The highest BCUT2D eigenvalue weighted by atomic mass is 16.5. The summed E-state index contributed by atoms with van der Waals surface area (Å²) in [5, 5.41) is 23.4. The summed E-state index contributed by atoms with van der Waals surface area (Å²) in [6.45, 7) is 2.03. The summed E-state index contributed by atoms with van der Waals surface area (Å²) in [4.78, 5) is 18.0. The maximum atomic E-state index is 13.5. The van der Waals surface area contributed by atoms with Crippen LogP contribution in [0, 0.1) is 11.8 Å². The zero-order valence-electron chi connectivity index (χ0n) is 21.8. The van der Waals surface area contributed by atoms with Crippen molar-refractivity contribution >= 4 is 5.91 Å². The van der Waals surface area contributed by atoms with E-state index in [9.17, 15) is 15.0 Å². The Hall–Kier alpha value is -1.79. The van der Waals surface area contributed by atoms with Crippen LogP contribution in [0.5, 0.6) is 11.5 Å². The van der Waals surface area contributed by atoms with Gasteiger partial charge in [-0.3, -0.25) is 9.69 Å². The molecular weight excluding hydrogens is 452 g/mol. The third kappa shape index (κ3) is 3.25. The van der Waals surface area contributed by atoms with Crippen LogP contribution in [0.2, 0.25) is 0 Å². The number of aromatic hydroxyl groups is 1. The highest BCUT2D eigenvalue weighted by Gasteiger charge is 2.73. The first-order valence-electron chi connectivity index (χ1n) is 14.7. The zero-order valence-corrected chi connectivity index (χ0v) is 21.8. The van der Waals surface area contributed by atoms with Gasteiger partial charge in [-0.1, -0.05) is 38.2 Å². The van der Waals surface area contributed by atoms with Crippen LogP contribution in [0.1, 0.15) is 88.2 Å². The van der Waals surface area contributed by atoms with Gasteiger partial charge in [0.15, 0.2) is 11.5 Å². The van der Waals surface area contributed by atoms with Crippen LogP contribution >= 0.6 is 0 Å². The van der Waals surface area contributed by atoms with E-state index in [2.05, 4.69) is 11.0 Å². The smallest absolute Gasteiger partial charge is 0.222 e. The molecule has 1 amide bonds. The summed E-state index contributed by atoms with van der Waals surface area (Å²) in [7, 11) is 1.95. The molecule has 6 nitrogen and oxygen atoms in total.